The standard InChI is InChI=1S/C13H22N6O2/c1-8(2)16-12(20)10-7-21-5-4-19(10)11-9(3)6-15-13(17-11)18-14/h6,8,10H,4-5,7,14H2,1-3H3,(H,16,20)(H,15,17,18). The number of hydrogen-bond donors (Lipinski definition) is 3. The van der Waals surface area contributed by atoms with Gasteiger partial charge in [0.25, 0.3) is 0 Å². The van der Waals surface area contributed by atoms with Crippen LogP contribution in [0.2, 0.25) is 0 Å². The predicted octanol–water partition coefficient (Wildman–Crippen LogP) is -0.200. The zero-order chi connectivity index (χ0) is 15.4. The van der Waals surface area contributed by atoms with Gasteiger partial charge < -0.3 is 15.0 Å². The van der Waals surface area contributed by atoms with Crippen molar-refractivity contribution in [3.63, 3.8) is 0 Å². The third-order valence-electron chi connectivity index (χ3n) is 3.21. The van der Waals surface area contributed by atoms with Crippen molar-refractivity contribution in [2.75, 3.05) is 30.1 Å². The van der Waals surface area contributed by atoms with Crippen molar-refractivity contribution in [3.8, 4) is 0 Å². The smallest absolute Gasteiger partial charge is 0.245 e. The van der Waals surface area contributed by atoms with E-state index in [0.717, 1.165) is 5.56 Å². The van der Waals surface area contributed by atoms with E-state index in [9.17, 15) is 4.79 Å². The first-order valence-corrected chi connectivity index (χ1v) is 6.98. The molecule has 0 aromatic carbocycles. The van der Waals surface area contributed by atoms with E-state index in [0.29, 0.717) is 31.5 Å². The van der Waals surface area contributed by atoms with Crippen molar-refractivity contribution in [3.05, 3.63) is 11.8 Å². The van der Waals surface area contributed by atoms with Crippen LogP contribution in [0.15, 0.2) is 6.20 Å². The molecule has 21 heavy (non-hydrogen) atoms. The Balaban J connectivity index is 2.28. The summed E-state index contributed by atoms with van der Waals surface area (Å²) in [6, 6.07) is -0.325. The summed E-state index contributed by atoms with van der Waals surface area (Å²) in [6.45, 7) is 7.25. The Hall–Kier alpha value is -1.93. The third-order valence-corrected chi connectivity index (χ3v) is 3.21. The molecular weight excluding hydrogens is 272 g/mol. The molecule has 1 amide bonds. The Bertz CT molecular complexity index is 507. The van der Waals surface area contributed by atoms with Crippen LogP contribution in [0.3, 0.4) is 0 Å². The highest BCUT2D eigenvalue weighted by molar-refractivity contribution is 5.85. The van der Waals surface area contributed by atoms with Crippen LogP contribution < -0.4 is 21.5 Å². The lowest BCUT2D eigenvalue weighted by molar-refractivity contribution is -0.125. The second-order valence-electron chi connectivity index (χ2n) is 5.29. The Morgan fingerprint density at radius 3 is 3.00 bits per heavy atom. The number of hydrazine groups is 1. The fourth-order valence-electron chi connectivity index (χ4n) is 2.25. The fraction of sp³-hybridized carbons (Fsp3) is 0.615. The van der Waals surface area contributed by atoms with Crippen molar-refractivity contribution >= 4 is 17.7 Å². The molecule has 0 bridgehead atoms. The van der Waals surface area contributed by atoms with Gasteiger partial charge in [-0.05, 0) is 20.8 Å². The van der Waals surface area contributed by atoms with Crippen molar-refractivity contribution in [2.24, 2.45) is 5.84 Å². The number of morpholine rings is 1. The van der Waals surface area contributed by atoms with Crippen molar-refractivity contribution < 1.29 is 9.53 Å². The van der Waals surface area contributed by atoms with E-state index < -0.39 is 6.04 Å². The molecule has 4 N–H and O–H groups in total. The summed E-state index contributed by atoms with van der Waals surface area (Å²) in [5.41, 5.74) is 3.32. The third kappa shape index (κ3) is 3.59. The summed E-state index contributed by atoms with van der Waals surface area (Å²) in [7, 11) is 0. The second-order valence-corrected chi connectivity index (χ2v) is 5.29. The van der Waals surface area contributed by atoms with Crippen molar-refractivity contribution in [1.29, 1.82) is 0 Å². The SMILES string of the molecule is Cc1cnc(NN)nc1N1CCOCC1C(=O)NC(C)C. The molecule has 0 radical (unpaired) electrons. The van der Waals surface area contributed by atoms with E-state index >= 15 is 0 Å². The lowest BCUT2D eigenvalue weighted by Crippen LogP contribution is -2.55. The largest absolute Gasteiger partial charge is 0.377 e. The molecule has 1 aliphatic rings. The quantitative estimate of drug-likeness (QED) is 0.521. The number of aromatic nitrogens is 2. The van der Waals surface area contributed by atoms with Crippen molar-refractivity contribution in [2.45, 2.75) is 32.9 Å². The fourth-order valence-corrected chi connectivity index (χ4v) is 2.25. The average Bonchev–Trinajstić information content (AvgIpc) is 2.47. The van der Waals surface area contributed by atoms with E-state index in [1.165, 1.54) is 0 Å². The molecule has 0 saturated carbocycles. The number of aryl methyl sites for hydroxylation is 1. The molecule has 0 aliphatic carbocycles. The summed E-state index contributed by atoms with van der Waals surface area (Å²) in [4.78, 5) is 22.7. The van der Waals surface area contributed by atoms with Gasteiger partial charge in [0, 0.05) is 24.3 Å². The van der Waals surface area contributed by atoms with Gasteiger partial charge >= 0.3 is 0 Å². The molecular formula is C13H22N6O2. The number of hydrogen-bond acceptors (Lipinski definition) is 7. The van der Waals surface area contributed by atoms with Gasteiger partial charge in [-0.2, -0.15) is 4.98 Å². The molecule has 1 atom stereocenters. The first-order chi connectivity index (χ1) is 10.0. The van der Waals surface area contributed by atoms with E-state index in [4.69, 9.17) is 10.6 Å². The molecule has 1 unspecified atom stereocenters. The van der Waals surface area contributed by atoms with Crippen LogP contribution in [-0.2, 0) is 9.53 Å². The van der Waals surface area contributed by atoms with Gasteiger partial charge in [-0.1, -0.05) is 0 Å². The summed E-state index contributed by atoms with van der Waals surface area (Å²) in [5.74, 6) is 6.32. The average molecular weight is 294 g/mol. The Labute approximate surface area is 124 Å². The lowest BCUT2D eigenvalue weighted by Gasteiger charge is -2.36. The van der Waals surface area contributed by atoms with Crippen LogP contribution in [0.5, 0.6) is 0 Å². The minimum Gasteiger partial charge on any atom is -0.377 e. The van der Waals surface area contributed by atoms with Gasteiger partial charge in [-0.25, -0.2) is 10.8 Å². The van der Waals surface area contributed by atoms with Crippen LogP contribution in [0, 0.1) is 6.92 Å². The molecule has 1 saturated heterocycles. The molecule has 1 aliphatic heterocycles. The number of anilines is 2. The molecule has 8 nitrogen and oxygen atoms in total. The highest BCUT2D eigenvalue weighted by atomic mass is 16.5. The van der Waals surface area contributed by atoms with Crippen LogP contribution in [0.4, 0.5) is 11.8 Å². The van der Waals surface area contributed by atoms with Gasteiger partial charge in [0.15, 0.2) is 0 Å². The Kier molecular flexibility index (Phi) is 4.92. The minimum absolute atomic E-state index is 0.0648. The van der Waals surface area contributed by atoms with Crippen LogP contribution in [-0.4, -0.2) is 47.7 Å². The maximum Gasteiger partial charge on any atom is 0.245 e. The number of rotatable bonds is 4. The van der Waals surface area contributed by atoms with Crippen LogP contribution in [0.25, 0.3) is 0 Å². The van der Waals surface area contributed by atoms with Crippen LogP contribution >= 0.6 is 0 Å². The van der Waals surface area contributed by atoms with Crippen LogP contribution in [0.1, 0.15) is 19.4 Å². The summed E-state index contributed by atoms with van der Waals surface area (Å²) < 4.78 is 5.45. The Morgan fingerprint density at radius 2 is 2.33 bits per heavy atom. The first-order valence-electron chi connectivity index (χ1n) is 6.98. The van der Waals surface area contributed by atoms with Gasteiger partial charge in [0.2, 0.25) is 11.9 Å². The summed E-state index contributed by atoms with van der Waals surface area (Å²) in [6.07, 6.45) is 1.68. The first kappa shape index (κ1) is 15.5. The topological polar surface area (TPSA) is 105 Å². The van der Waals surface area contributed by atoms with E-state index in [1.54, 1.807) is 6.20 Å². The number of carbonyl (C=O) groups is 1. The maximum absolute atomic E-state index is 12.3. The van der Waals surface area contributed by atoms with Gasteiger partial charge in [-0.15, -0.1) is 0 Å². The van der Waals surface area contributed by atoms with E-state index in [2.05, 4.69) is 20.7 Å². The summed E-state index contributed by atoms with van der Waals surface area (Å²) >= 11 is 0. The highest BCUT2D eigenvalue weighted by Crippen LogP contribution is 2.22. The number of nitrogens with zero attached hydrogens (tertiary/aromatic N) is 3. The van der Waals surface area contributed by atoms with E-state index in [-0.39, 0.29) is 11.9 Å². The molecule has 1 aromatic heterocycles. The van der Waals surface area contributed by atoms with Crippen molar-refractivity contribution in [1.82, 2.24) is 15.3 Å². The number of nitrogens with two attached hydrogens (primary N) is 1. The minimum atomic E-state index is -0.402. The maximum atomic E-state index is 12.3. The second kappa shape index (κ2) is 6.68. The van der Waals surface area contributed by atoms with Gasteiger partial charge in [-0.3, -0.25) is 10.2 Å². The molecule has 2 rings (SSSR count). The van der Waals surface area contributed by atoms with E-state index in [1.807, 2.05) is 25.7 Å². The van der Waals surface area contributed by atoms with Gasteiger partial charge in [0.05, 0.1) is 13.2 Å². The number of ether oxygens (including phenoxy) is 1. The molecule has 2 heterocycles. The lowest BCUT2D eigenvalue weighted by atomic mass is 10.1. The molecule has 116 valence electrons. The zero-order valence-corrected chi connectivity index (χ0v) is 12.6. The molecule has 0 spiro atoms. The number of carbonyl (C=O) groups excluding carboxylic acids is 1. The molecule has 1 fully saturated rings. The normalized spacial score (nSPS) is 18.7. The Morgan fingerprint density at radius 1 is 1.57 bits per heavy atom. The molecule has 8 heteroatoms. The zero-order valence-electron chi connectivity index (χ0n) is 12.6. The molecule has 1 aromatic rings. The number of amides is 1. The summed E-state index contributed by atoms with van der Waals surface area (Å²) in [5, 5.41) is 2.92. The number of nitrogen functional groups attached to an aromatic ring is 1. The number of nitrogens with one attached hydrogen (secondary N) is 2. The predicted molar refractivity (Wildman–Crippen MR) is 79.8 cm³/mol. The monoisotopic (exact) mass is 294 g/mol. The highest BCUT2D eigenvalue weighted by Gasteiger charge is 2.31. The van der Waals surface area contributed by atoms with Gasteiger partial charge in [0.1, 0.15) is 11.9 Å².